The molecule has 2 rings (SSSR count). The summed E-state index contributed by atoms with van der Waals surface area (Å²) in [5.74, 6) is 1.03. The van der Waals surface area contributed by atoms with E-state index in [-0.39, 0.29) is 0 Å². The fourth-order valence-electron chi connectivity index (χ4n) is 1.48. The fraction of sp³-hybridized carbons (Fsp3) is 0.400. The van der Waals surface area contributed by atoms with Crippen molar-refractivity contribution in [2.75, 3.05) is 11.2 Å². The number of nitrogens with one attached hydrogen (secondary N) is 1. The maximum Gasteiger partial charge on any atom is 0.0658 e. The average molecular weight is 179 g/mol. The van der Waals surface area contributed by atoms with E-state index < -0.39 is 0 Å². The molecule has 0 fully saturated rings. The molecule has 1 aromatic carbocycles. The molecule has 0 spiro atoms. The minimum atomic E-state index is 1.03. The van der Waals surface area contributed by atoms with Crippen molar-refractivity contribution < 1.29 is 0 Å². The summed E-state index contributed by atoms with van der Waals surface area (Å²) < 4.78 is 0. The number of rotatable bonds is 2. The zero-order valence-electron chi connectivity index (χ0n) is 7.26. The van der Waals surface area contributed by atoms with Gasteiger partial charge in [0.2, 0.25) is 0 Å². The summed E-state index contributed by atoms with van der Waals surface area (Å²) in [5, 5.41) is 3.36. The van der Waals surface area contributed by atoms with Crippen LogP contribution in [0.15, 0.2) is 23.1 Å². The maximum absolute atomic E-state index is 3.36. The van der Waals surface area contributed by atoms with Crippen molar-refractivity contribution in [3.63, 3.8) is 0 Å². The molecule has 0 atom stereocenters. The molecule has 64 valence electrons. The molecule has 1 aliphatic rings. The van der Waals surface area contributed by atoms with Gasteiger partial charge in [0.05, 0.1) is 5.88 Å². The van der Waals surface area contributed by atoms with Crippen LogP contribution in [0, 0.1) is 0 Å². The number of thioether (sulfide) groups is 1. The van der Waals surface area contributed by atoms with Gasteiger partial charge in [-0.3, -0.25) is 0 Å². The van der Waals surface area contributed by atoms with Crippen LogP contribution in [0.4, 0.5) is 5.69 Å². The van der Waals surface area contributed by atoms with Crippen molar-refractivity contribution in [3.05, 3.63) is 23.8 Å². The lowest BCUT2D eigenvalue weighted by atomic mass is 10.1. The van der Waals surface area contributed by atoms with Crippen LogP contribution in [0.25, 0.3) is 0 Å². The molecule has 0 bridgehead atoms. The lowest BCUT2D eigenvalue weighted by Crippen LogP contribution is -1.90. The highest BCUT2D eigenvalue weighted by molar-refractivity contribution is 7.99. The number of hydrogen-bond donors (Lipinski definition) is 1. The van der Waals surface area contributed by atoms with Crippen LogP contribution >= 0.6 is 11.8 Å². The number of fused-ring (bicyclic) bond motifs is 1. The molecule has 1 aromatic rings. The van der Waals surface area contributed by atoms with Crippen LogP contribution in [-0.4, -0.2) is 5.88 Å². The van der Waals surface area contributed by atoms with Gasteiger partial charge in [-0.15, -0.1) is 11.8 Å². The first-order chi connectivity index (χ1) is 5.90. The monoisotopic (exact) mass is 179 g/mol. The van der Waals surface area contributed by atoms with Crippen molar-refractivity contribution in [2.45, 2.75) is 24.7 Å². The second-order valence-electron chi connectivity index (χ2n) is 3.05. The molecule has 0 saturated carbocycles. The summed E-state index contributed by atoms with van der Waals surface area (Å²) in [7, 11) is 0. The van der Waals surface area contributed by atoms with Gasteiger partial charge < -0.3 is 5.32 Å². The second kappa shape index (κ2) is 3.40. The van der Waals surface area contributed by atoms with Crippen LogP contribution in [0.5, 0.6) is 0 Å². The normalized spacial score (nSPS) is 14.1. The Morgan fingerprint density at radius 3 is 3.25 bits per heavy atom. The maximum atomic E-state index is 3.36. The van der Waals surface area contributed by atoms with Gasteiger partial charge in [0.25, 0.3) is 0 Å². The molecule has 0 amide bonds. The summed E-state index contributed by atoms with van der Waals surface area (Å²) in [6.45, 7) is 2.22. The third kappa shape index (κ3) is 1.44. The predicted molar refractivity (Wildman–Crippen MR) is 54.8 cm³/mol. The highest BCUT2D eigenvalue weighted by Gasteiger charge is 2.09. The smallest absolute Gasteiger partial charge is 0.0658 e. The zero-order chi connectivity index (χ0) is 8.39. The van der Waals surface area contributed by atoms with Crippen LogP contribution in [0.3, 0.4) is 0 Å². The summed E-state index contributed by atoms with van der Waals surface area (Å²) in [6, 6.07) is 6.74. The van der Waals surface area contributed by atoms with E-state index in [1.54, 1.807) is 0 Å². The molecule has 12 heavy (non-hydrogen) atoms. The van der Waals surface area contributed by atoms with Gasteiger partial charge in [0.15, 0.2) is 0 Å². The van der Waals surface area contributed by atoms with E-state index in [2.05, 4.69) is 30.4 Å². The van der Waals surface area contributed by atoms with Crippen LogP contribution < -0.4 is 5.32 Å². The number of hydrogen-bond acceptors (Lipinski definition) is 2. The minimum absolute atomic E-state index is 1.03. The topological polar surface area (TPSA) is 12.0 Å². The first-order valence-electron chi connectivity index (χ1n) is 4.40. The first kappa shape index (κ1) is 7.99. The van der Waals surface area contributed by atoms with E-state index in [4.69, 9.17) is 0 Å². The molecule has 1 heterocycles. The van der Waals surface area contributed by atoms with Gasteiger partial charge >= 0.3 is 0 Å². The lowest BCUT2D eigenvalue weighted by molar-refractivity contribution is 0.921. The van der Waals surface area contributed by atoms with Gasteiger partial charge in [-0.1, -0.05) is 19.4 Å². The van der Waals surface area contributed by atoms with Crippen molar-refractivity contribution >= 4 is 17.4 Å². The Hall–Kier alpha value is -0.630. The number of aryl methyl sites for hydroxylation is 1. The Labute approximate surface area is 77.6 Å². The quantitative estimate of drug-likeness (QED) is 0.748. The summed E-state index contributed by atoms with van der Waals surface area (Å²) in [6.07, 6.45) is 2.42. The minimum Gasteiger partial charge on any atom is -0.375 e. The number of anilines is 1. The van der Waals surface area contributed by atoms with E-state index in [9.17, 15) is 0 Å². The highest BCUT2D eigenvalue weighted by atomic mass is 32.2. The molecule has 0 aromatic heterocycles. The van der Waals surface area contributed by atoms with E-state index in [0.29, 0.717) is 0 Å². The van der Waals surface area contributed by atoms with Crippen LogP contribution in [0.1, 0.15) is 18.9 Å². The third-order valence-electron chi connectivity index (χ3n) is 2.07. The Kier molecular flexibility index (Phi) is 2.26. The zero-order valence-corrected chi connectivity index (χ0v) is 8.08. The molecule has 1 N–H and O–H groups in total. The first-order valence-corrected chi connectivity index (χ1v) is 5.38. The fourth-order valence-corrected chi connectivity index (χ4v) is 2.31. The largest absolute Gasteiger partial charge is 0.375 e. The van der Waals surface area contributed by atoms with Crippen molar-refractivity contribution in [3.8, 4) is 0 Å². The second-order valence-corrected chi connectivity index (χ2v) is 4.06. The molecule has 0 radical (unpaired) electrons. The van der Waals surface area contributed by atoms with Crippen LogP contribution in [0.2, 0.25) is 0 Å². The summed E-state index contributed by atoms with van der Waals surface area (Å²) in [5.41, 5.74) is 2.78. The van der Waals surface area contributed by atoms with E-state index in [1.165, 1.54) is 29.0 Å². The third-order valence-corrected chi connectivity index (χ3v) is 3.03. The SMILES string of the molecule is CCCc1ccc2c(c1)NCS2. The molecule has 1 nitrogen and oxygen atoms in total. The van der Waals surface area contributed by atoms with Crippen molar-refractivity contribution in [1.29, 1.82) is 0 Å². The average Bonchev–Trinajstić information content (AvgIpc) is 2.51. The standard InChI is InChI=1S/C10H13NS/c1-2-3-8-4-5-10-9(6-8)11-7-12-10/h4-6,11H,2-3,7H2,1H3. The van der Waals surface area contributed by atoms with E-state index in [0.717, 1.165) is 5.88 Å². The lowest BCUT2D eigenvalue weighted by Gasteiger charge is -2.02. The summed E-state index contributed by atoms with van der Waals surface area (Å²) in [4.78, 5) is 1.40. The van der Waals surface area contributed by atoms with Gasteiger partial charge in [0, 0.05) is 10.6 Å². The van der Waals surface area contributed by atoms with Crippen molar-refractivity contribution in [1.82, 2.24) is 0 Å². The van der Waals surface area contributed by atoms with Gasteiger partial charge in [0.1, 0.15) is 0 Å². The molecule has 1 aliphatic heterocycles. The Bertz CT molecular complexity index is 283. The molecule has 0 saturated heterocycles. The van der Waals surface area contributed by atoms with Crippen molar-refractivity contribution in [2.24, 2.45) is 0 Å². The van der Waals surface area contributed by atoms with Gasteiger partial charge in [-0.25, -0.2) is 0 Å². The molecule has 0 unspecified atom stereocenters. The molecule has 0 aliphatic carbocycles. The summed E-state index contributed by atoms with van der Waals surface area (Å²) >= 11 is 1.88. The molecule has 2 heteroatoms. The molecular formula is C10H13NS. The number of benzene rings is 1. The Balaban J connectivity index is 2.26. The van der Waals surface area contributed by atoms with Gasteiger partial charge in [-0.2, -0.15) is 0 Å². The Morgan fingerprint density at radius 1 is 1.50 bits per heavy atom. The van der Waals surface area contributed by atoms with Crippen LogP contribution in [-0.2, 0) is 6.42 Å². The predicted octanol–water partition coefficient (Wildman–Crippen LogP) is 3.11. The van der Waals surface area contributed by atoms with Gasteiger partial charge in [-0.05, 0) is 24.1 Å². The van der Waals surface area contributed by atoms with E-state index >= 15 is 0 Å². The highest BCUT2D eigenvalue weighted by Crippen LogP contribution is 2.34. The van der Waals surface area contributed by atoms with E-state index in [1.807, 2.05) is 11.8 Å². The molecular weight excluding hydrogens is 166 g/mol. The Morgan fingerprint density at radius 2 is 2.42 bits per heavy atom.